The number of likely N-dealkylation sites (tertiary alicyclic amines) is 1. The summed E-state index contributed by atoms with van der Waals surface area (Å²) in [6.07, 6.45) is 3.77. The molecule has 2 N–H and O–H groups in total. The van der Waals surface area contributed by atoms with Gasteiger partial charge >= 0.3 is 5.97 Å². The second kappa shape index (κ2) is 11.7. The van der Waals surface area contributed by atoms with Crippen molar-refractivity contribution in [3.8, 4) is 28.4 Å². The minimum absolute atomic E-state index is 0.0762. The second-order valence-corrected chi connectivity index (χ2v) is 14.2. The highest BCUT2D eigenvalue weighted by Gasteiger charge is 2.29. The maximum Gasteiger partial charge on any atom is 0.306 e. The number of imidazole rings is 1. The highest BCUT2D eigenvalue weighted by Crippen LogP contribution is 2.33. The van der Waals surface area contributed by atoms with Gasteiger partial charge in [-0.05, 0) is 54.4 Å². The van der Waals surface area contributed by atoms with Gasteiger partial charge in [-0.1, -0.05) is 60.1 Å². The lowest BCUT2D eigenvalue weighted by atomic mass is 9.87. The van der Waals surface area contributed by atoms with Gasteiger partial charge in [-0.2, -0.15) is 4.98 Å². The summed E-state index contributed by atoms with van der Waals surface area (Å²) < 4.78 is 29.0. The van der Waals surface area contributed by atoms with Crippen LogP contribution in [0.4, 0.5) is 0 Å². The standard InChI is InChI=1S/C31H33ClN4O5S/c1-42(39,40)18-20-16-36(17-20)15-19-2-4-21(5-3-19)22-6-8-23(9-7-22)28-26(32)14-27-29(34-28)35-31(33-27)41-25-12-10-24(11-13-25)30(37)38/h2-9,14,20,24-25H,10-13,15-18H2,1H3,(H,37,38)(H,33,34,35)/t24-,25+. The third-order valence-electron chi connectivity index (χ3n) is 8.13. The summed E-state index contributed by atoms with van der Waals surface area (Å²) in [5.74, 6) is -0.532. The maximum absolute atomic E-state index is 11.5. The molecule has 0 spiro atoms. The first-order valence-corrected chi connectivity index (χ1v) is 16.6. The molecule has 0 bridgehead atoms. The van der Waals surface area contributed by atoms with Crippen LogP contribution in [-0.4, -0.2) is 70.5 Å². The topological polar surface area (TPSA) is 125 Å². The second-order valence-electron chi connectivity index (χ2n) is 11.6. The number of H-pyrrole nitrogens is 1. The van der Waals surface area contributed by atoms with Crippen molar-refractivity contribution >= 4 is 38.6 Å². The van der Waals surface area contributed by atoms with E-state index in [9.17, 15) is 18.3 Å². The Balaban J connectivity index is 1.09. The first kappa shape index (κ1) is 28.6. The number of benzene rings is 2. The zero-order valence-corrected chi connectivity index (χ0v) is 24.9. The molecule has 11 heteroatoms. The summed E-state index contributed by atoms with van der Waals surface area (Å²) in [5, 5.41) is 9.71. The third kappa shape index (κ3) is 6.61. The van der Waals surface area contributed by atoms with Crippen LogP contribution in [0.3, 0.4) is 0 Å². The number of aliphatic carboxylic acids is 1. The van der Waals surface area contributed by atoms with Gasteiger partial charge < -0.3 is 14.8 Å². The molecule has 0 atom stereocenters. The van der Waals surface area contributed by atoms with Crippen LogP contribution in [0.15, 0.2) is 54.6 Å². The molecule has 42 heavy (non-hydrogen) atoms. The normalized spacial score (nSPS) is 20.0. The first-order valence-electron chi connectivity index (χ1n) is 14.1. The molecule has 2 aromatic heterocycles. The van der Waals surface area contributed by atoms with Crippen molar-refractivity contribution in [2.75, 3.05) is 25.1 Å². The molecule has 0 radical (unpaired) electrons. The van der Waals surface area contributed by atoms with Crippen molar-refractivity contribution in [3.63, 3.8) is 0 Å². The van der Waals surface area contributed by atoms with Crippen LogP contribution < -0.4 is 4.74 Å². The average molecular weight is 609 g/mol. The lowest BCUT2D eigenvalue weighted by Gasteiger charge is -2.39. The minimum atomic E-state index is -2.92. The van der Waals surface area contributed by atoms with E-state index < -0.39 is 15.8 Å². The first-order chi connectivity index (χ1) is 20.1. The lowest BCUT2D eigenvalue weighted by Crippen LogP contribution is -2.48. The number of hydrogen-bond acceptors (Lipinski definition) is 7. The zero-order chi connectivity index (χ0) is 29.4. The molecular weight excluding hydrogens is 576 g/mol. The van der Waals surface area contributed by atoms with E-state index in [2.05, 4.69) is 39.1 Å². The Morgan fingerprint density at radius 2 is 1.62 bits per heavy atom. The minimum Gasteiger partial charge on any atom is -0.481 e. The van der Waals surface area contributed by atoms with E-state index in [1.807, 2.05) is 24.3 Å². The molecule has 1 saturated carbocycles. The zero-order valence-electron chi connectivity index (χ0n) is 23.3. The van der Waals surface area contributed by atoms with E-state index in [1.165, 1.54) is 11.8 Å². The van der Waals surface area contributed by atoms with Gasteiger partial charge in [0.1, 0.15) is 15.9 Å². The summed E-state index contributed by atoms with van der Waals surface area (Å²) in [7, 11) is -2.92. The lowest BCUT2D eigenvalue weighted by molar-refractivity contribution is -0.143. The van der Waals surface area contributed by atoms with Gasteiger partial charge in [0.25, 0.3) is 6.01 Å². The molecule has 2 aromatic carbocycles. The van der Waals surface area contributed by atoms with Crippen molar-refractivity contribution in [2.45, 2.75) is 38.3 Å². The Bertz CT molecular complexity index is 1690. The van der Waals surface area contributed by atoms with Crippen molar-refractivity contribution in [2.24, 2.45) is 11.8 Å². The maximum atomic E-state index is 11.5. The largest absolute Gasteiger partial charge is 0.481 e. The molecule has 2 fully saturated rings. The van der Waals surface area contributed by atoms with Gasteiger partial charge in [-0.25, -0.2) is 13.4 Å². The van der Waals surface area contributed by atoms with Crippen LogP contribution in [0.25, 0.3) is 33.5 Å². The van der Waals surface area contributed by atoms with Gasteiger partial charge in [-0.3, -0.25) is 9.69 Å². The Labute approximate surface area is 249 Å². The molecule has 4 aromatic rings. The number of carbonyl (C=O) groups is 1. The fraction of sp³-hybridized carbons (Fsp3) is 0.387. The van der Waals surface area contributed by atoms with Crippen LogP contribution in [0.1, 0.15) is 31.2 Å². The van der Waals surface area contributed by atoms with Gasteiger partial charge in [0, 0.05) is 31.5 Å². The fourth-order valence-electron chi connectivity index (χ4n) is 5.96. The molecule has 1 aliphatic carbocycles. The number of rotatable bonds is 9. The van der Waals surface area contributed by atoms with Crippen molar-refractivity contribution in [1.29, 1.82) is 0 Å². The van der Waals surface area contributed by atoms with Gasteiger partial charge in [0.15, 0.2) is 5.65 Å². The van der Waals surface area contributed by atoms with Crippen LogP contribution in [-0.2, 0) is 21.2 Å². The highest BCUT2D eigenvalue weighted by atomic mass is 35.5. The molecule has 220 valence electrons. The summed E-state index contributed by atoms with van der Waals surface area (Å²) in [5.41, 5.74) is 6.08. The van der Waals surface area contributed by atoms with Gasteiger partial charge in [0.2, 0.25) is 0 Å². The molecule has 1 aliphatic heterocycles. The van der Waals surface area contributed by atoms with Gasteiger partial charge in [0.05, 0.1) is 27.9 Å². The van der Waals surface area contributed by atoms with Crippen LogP contribution in [0.2, 0.25) is 5.02 Å². The van der Waals surface area contributed by atoms with E-state index in [4.69, 9.17) is 21.3 Å². The molecular formula is C31H33ClN4O5S. The summed E-state index contributed by atoms with van der Waals surface area (Å²) in [6, 6.07) is 18.7. The summed E-state index contributed by atoms with van der Waals surface area (Å²) in [6.45, 7) is 2.46. The summed E-state index contributed by atoms with van der Waals surface area (Å²) >= 11 is 6.62. The fourth-order valence-corrected chi connectivity index (χ4v) is 7.29. The molecule has 0 amide bonds. The molecule has 0 unspecified atom stereocenters. The van der Waals surface area contributed by atoms with E-state index in [0.29, 0.717) is 53.6 Å². The van der Waals surface area contributed by atoms with Crippen LogP contribution >= 0.6 is 11.6 Å². The van der Waals surface area contributed by atoms with E-state index in [1.54, 1.807) is 6.07 Å². The molecule has 2 aliphatic rings. The number of halogens is 1. The number of pyridine rings is 1. The number of aromatic amines is 1. The van der Waals surface area contributed by atoms with E-state index in [0.717, 1.165) is 36.3 Å². The number of carboxylic acid groups (broad SMARTS) is 1. The predicted octanol–water partition coefficient (Wildman–Crippen LogP) is 5.44. The Kier molecular flexibility index (Phi) is 7.95. The number of nitrogens with one attached hydrogen (secondary N) is 1. The predicted molar refractivity (Wildman–Crippen MR) is 162 cm³/mol. The number of ether oxygens (including phenoxy) is 1. The van der Waals surface area contributed by atoms with Crippen molar-refractivity contribution < 1.29 is 23.1 Å². The molecule has 6 rings (SSSR count). The smallest absolute Gasteiger partial charge is 0.306 e. The van der Waals surface area contributed by atoms with Crippen LogP contribution in [0, 0.1) is 11.8 Å². The van der Waals surface area contributed by atoms with Gasteiger partial charge in [-0.15, -0.1) is 0 Å². The van der Waals surface area contributed by atoms with Crippen molar-refractivity contribution in [1.82, 2.24) is 19.9 Å². The quantitative estimate of drug-likeness (QED) is 0.257. The number of sulfone groups is 1. The molecule has 9 nitrogen and oxygen atoms in total. The highest BCUT2D eigenvalue weighted by molar-refractivity contribution is 7.90. The Morgan fingerprint density at radius 1 is 1.00 bits per heavy atom. The number of aromatic nitrogens is 3. The Hall–Kier alpha value is -3.47. The van der Waals surface area contributed by atoms with Crippen LogP contribution in [0.5, 0.6) is 6.01 Å². The number of hydrogen-bond donors (Lipinski definition) is 2. The average Bonchev–Trinajstić information content (AvgIpc) is 3.32. The van der Waals surface area contributed by atoms with E-state index in [-0.39, 0.29) is 23.7 Å². The van der Waals surface area contributed by atoms with E-state index >= 15 is 0 Å². The molecule has 1 saturated heterocycles. The number of nitrogens with zero attached hydrogens (tertiary/aromatic N) is 3. The number of fused-ring (bicyclic) bond motifs is 1. The third-order valence-corrected chi connectivity index (χ3v) is 9.49. The Morgan fingerprint density at radius 3 is 2.24 bits per heavy atom. The molecule has 3 heterocycles. The summed E-state index contributed by atoms with van der Waals surface area (Å²) in [4.78, 5) is 25.8. The van der Waals surface area contributed by atoms with Crippen molar-refractivity contribution in [3.05, 3.63) is 65.2 Å². The number of carboxylic acids is 1. The monoisotopic (exact) mass is 608 g/mol. The SMILES string of the molecule is CS(=O)(=O)CC1CN(Cc2ccc(-c3ccc(-c4nc5nc(O[C@H]6CC[C@@H](C(=O)O)CC6)[nH]c5cc4Cl)cc3)cc2)C1.